The first kappa shape index (κ1) is 13.8. The molecule has 112 valence electrons. The summed E-state index contributed by atoms with van der Waals surface area (Å²) in [6.07, 6.45) is -0.700. The number of fused-ring (bicyclic) bond motifs is 1. The van der Waals surface area contributed by atoms with Gasteiger partial charge in [0.05, 0.1) is 6.61 Å². The summed E-state index contributed by atoms with van der Waals surface area (Å²) in [5.74, 6) is 0.293. The van der Waals surface area contributed by atoms with Gasteiger partial charge in [0.15, 0.2) is 23.1 Å². The van der Waals surface area contributed by atoms with E-state index in [1.54, 1.807) is 0 Å². The number of aliphatic hydroxyl groups is 1. The Bertz CT molecular complexity index is 771. The van der Waals surface area contributed by atoms with Crippen LogP contribution in [0.5, 0.6) is 0 Å². The molecule has 2 aromatic rings. The Morgan fingerprint density at radius 2 is 2.33 bits per heavy atom. The SMILES string of the molecule is NC(=O)n1nc(N)c2nnn(C3CSC(CO)O3)c(=O)c21. The molecule has 3 rings (SSSR count). The molecule has 0 spiro atoms. The normalized spacial score (nSPS) is 22.0. The van der Waals surface area contributed by atoms with Crippen molar-refractivity contribution in [2.45, 2.75) is 11.7 Å². The zero-order valence-corrected chi connectivity index (χ0v) is 11.4. The van der Waals surface area contributed by atoms with Crippen LogP contribution in [0.4, 0.5) is 10.6 Å². The van der Waals surface area contributed by atoms with Gasteiger partial charge in [0.25, 0.3) is 5.56 Å². The maximum atomic E-state index is 12.4. The highest BCUT2D eigenvalue weighted by molar-refractivity contribution is 8.00. The molecule has 12 heteroatoms. The third kappa shape index (κ3) is 2.12. The first-order valence-electron chi connectivity index (χ1n) is 5.84. The first-order chi connectivity index (χ1) is 10.0. The number of ether oxygens (including phenoxy) is 1. The van der Waals surface area contributed by atoms with Gasteiger partial charge in [0, 0.05) is 5.75 Å². The maximum Gasteiger partial charge on any atom is 0.340 e. The zero-order valence-electron chi connectivity index (χ0n) is 10.5. The number of nitrogen functional groups attached to an aromatic ring is 1. The van der Waals surface area contributed by atoms with E-state index in [0.717, 1.165) is 4.68 Å². The second-order valence-electron chi connectivity index (χ2n) is 4.21. The van der Waals surface area contributed by atoms with E-state index in [9.17, 15) is 9.59 Å². The highest BCUT2D eigenvalue weighted by atomic mass is 32.2. The number of rotatable bonds is 2. The van der Waals surface area contributed by atoms with E-state index >= 15 is 0 Å². The lowest BCUT2D eigenvalue weighted by Crippen LogP contribution is -2.33. The molecule has 1 saturated heterocycles. The van der Waals surface area contributed by atoms with Crippen molar-refractivity contribution in [2.75, 3.05) is 18.1 Å². The predicted octanol–water partition coefficient (Wildman–Crippen LogP) is -1.92. The van der Waals surface area contributed by atoms with Gasteiger partial charge in [-0.05, 0) is 0 Å². The standard InChI is InChI=1S/C9H11N7O4S/c10-7-5-6(16(13-7)9(11)19)8(18)15(14-12-5)3-2-21-4(1-17)20-3/h3-4,17H,1-2H2,(H2,10,13)(H2,11,19). The number of aromatic nitrogens is 5. The molecule has 2 atom stereocenters. The highest BCUT2D eigenvalue weighted by Gasteiger charge is 2.30. The molecular formula is C9H11N7O4S. The second-order valence-corrected chi connectivity index (χ2v) is 5.40. The van der Waals surface area contributed by atoms with E-state index in [2.05, 4.69) is 15.4 Å². The third-order valence-electron chi connectivity index (χ3n) is 2.90. The first-order valence-corrected chi connectivity index (χ1v) is 6.89. The van der Waals surface area contributed by atoms with E-state index < -0.39 is 23.3 Å². The van der Waals surface area contributed by atoms with Crippen molar-refractivity contribution >= 4 is 34.6 Å². The van der Waals surface area contributed by atoms with Gasteiger partial charge >= 0.3 is 6.03 Å². The molecule has 1 aliphatic heterocycles. The Labute approximate surface area is 120 Å². The average molecular weight is 313 g/mol. The second kappa shape index (κ2) is 4.98. The summed E-state index contributed by atoms with van der Waals surface area (Å²) < 4.78 is 7.09. The number of thioether (sulfide) groups is 1. The van der Waals surface area contributed by atoms with Crippen LogP contribution in [0.2, 0.25) is 0 Å². The van der Waals surface area contributed by atoms with Crippen molar-refractivity contribution in [3.8, 4) is 0 Å². The van der Waals surface area contributed by atoms with Gasteiger partial charge in [-0.1, -0.05) is 5.21 Å². The van der Waals surface area contributed by atoms with Crippen molar-refractivity contribution in [3.05, 3.63) is 10.4 Å². The predicted molar refractivity (Wildman–Crippen MR) is 72.4 cm³/mol. The summed E-state index contributed by atoms with van der Waals surface area (Å²) in [5.41, 5.74) is 9.48. The topological polar surface area (TPSA) is 164 Å². The Morgan fingerprint density at radius 1 is 1.57 bits per heavy atom. The minimum atomic E-state index is -0.955. The Morgan fingerprint density at radius 3 is 2.95 bits per heavy atom. The van der Waals surface area contributed by atoms with E-state index in [1.165, 1.54) is 11.8 Å². The summed E-state index contributed by atoms with van der Waals surface area (Å²) in [7, 11) is 0. The minimum absolute atomic E-state index is 0.000548. The van der Waals surface area contributed by atoms with Crippen LogP contribution in [0.1, 0.15) is 6.23 Å². The Hall–Kier alpha value is -2.18. The van der Waals surface area contributed by atoms with Crippen LogP contribution in [-0.4, -0.2) is 53.7 Å². The third-order valence-corrected chi connectivity index (χ3v) is 4.01. The van der Waals surface area contributed by atoms with Crippen LogP contribution >= 0.6 is 11.8 Å². The van der Waals surface area contributed by atoms with Crippen molar-refractivity contribution in [1.82, 2.24) is 24.8 Å². The smallest absolute Gasteiger partial charge is 0.340 e. The molecule has 1 fully saturated rings. The number of hydrogen-bond donors (Lipinski definition) is 3. The number of carbonyl (C=O) groups excluding carboxylic acids is 1. The van der Waals surface area contributed by atoms with Gasteiger partial charge < -0.3 is 21.3 Å². The largest absolute Gasteiger partial charge is 0.393 e. The van der Waals surface area contributed by atoms with E-state index in [-0.39, 0.29) is 23.5 Å². The number of primary amides is 1. The minimum Gasteiger partial charge on any atom is -0.393 e. The van der Waals surface area contributed by atoms with Crippen molar-refractivity contribution in [3.63, 3.8) is 0 Å². The number of amides is 1. The summed E-state index contributed by atoms with van der Waals surface area (Å²) >= 11 is 1.34. The lowest BCUT2D eigenvalue weighted by Gasteiger charge is -2.11. The number of carbonyl (C=O) groups is 1. The fourth-order valence-corrected chi connectivity index (χ4v) is 2.89. The quantitative estimate of drug-likeness (QED) is 0.573. The molecule has 0 radical (unpaired) electrons. The summed E-state index contributed by atoms with van der Waals surface area (Å²) in [4.78, 5) is 23.7. The molecule has 21 heavy (non-hydrogen) atoms. The van der Waals surface area contributed by atoms with Crippen LogP contribution in [0.25, 0.3) is 11.0 Å². The molecule has 0 bridgehead atoms. The molecule has 2 unspecified atom stereocenters. The van der Waals surface area contributed by atoms with Gasteiger partial charge in [-0.3, -0.25) is 4.79 Å². The van der Waals surface area contributed by atoms with Crippen LogP contribution in [0.15, 0.2) is 4.79 Å². The average Bonchev–Trinajstić information content (AvgIpc) is 3.05. The molecule has 1 amide bonds. The van der Waals surface area contributed by atoms with Crippen LogP contribution < -0.4 is 17.0 Å². The highest BCUT2D eigenvalue weighted by Crippen LogP contribution is 2.30. The number of aliphatic hydroxyl groups excluding tert-OH is 1. The number of anilines is 1. The van der Waals surface area contributed by atoms with E-state index in [4.69, 9.17) is 21.3 Å². The van der Waals surface area contributed by atoms with Crippen LogP contribution in [0, 0.1) is 0 Å². The van der Waals surface area contributed by atoms with Crippen molar-refractivity contribution < 1.29 is 14.6 Å². The Kier molecular flexibility index (Phi) is 3.27. The molecule has 11 nitrogen and oxygen atoms in total. The monoisotopic (exact) mass is 313 g/mol. The molecule has 0 aliphatic carbocycles. The van der Waals surface area contributed by atoms with Gasteiger partial charge in [0.2, 0.25) is 0 Å². The lowest BCUT2D eigenvalue weighted by atomic mass is 10.4. The lowest BCUT2D eigenvalue weighted by molar-refractivity contribution is -0.0143. The van der Waals surface area contributed by atoms with Crippen LogP contribution in [-0.2, 0) is 4.74 Å². The molecule has 3 heterocycles. The van der Waals surface area contributed by atoms with E-state index in [1.807, 2.05) is 0 Å². The van der Waals surface area contributed by atoms with Crippen molar-refractivity contribution in [2.24, 2.45) is 5.73 Å². The van der Waals surface area contributed by atoms with Crippen LogP contribution in [0.3, 0.4) is 0 Å². The summed E-state index contributed by atoms with van der Waals surface area (Å²) in [6.45, 7) is -0.183. The molecule has 1 aliphatic rings. The summed E-state index contributed by atoms with van der Waals surface area (Å²) in [5, 5.41) is 20.2. The fourth-order valence-electron chi connectivity index (χ4n) is 1.97. The molecule has 2 aromatic heterocycles. The molecule has 0 aromatic carbocycles. The molecule has 5 N–H and O–H groups in total. The van der Waals surface area contributed by atoms with Gasteiger partial charge in [-0.25, -0.2) is 4.79 Å². The summed E-state index contributed by atoms with van der Waals surface area (Å²) in [6, 6.07) is -0.955. The Balaban J connectivity index is 2.14. The molecular weight excluding hydrogens is 302 g/mol. The number of nitrogens with two attached hydrogens (primary N) is 2. The number of hydrogen-bond acceptors (Lipinski definition) is 9. The van der Waals surface area contributed by atoms with Gasteiger partial charge in [0.1, 0.15) is 5.44 Å². The maximum absolute atomic E-state index is 12.4. The van der Waals surface area contributed by atoms with Gasteiger partial charge in [-0.2, -0.15) is 9.36 Å². The zero-order chi connectivity index (χ0) is 15.1. The molecule has 0 saturated carbocycles. The van der Waals surface area contributed by atoms with Crippen molar-refractivity contribution in [1.29, 1.82) is 0 Å². The fraction of sp³-hybridized carbons (Fsp3) is 0.444. The number of nitrogens with zero attached hydrogens (tertiary/aromatic N) is 5. The van der Waals surface area contributed by atoms with E-state index in [0.29, 0.717) is 10.4 Å². The van der Waals surface area contributed by atoms with Gasteiger partial charge in [-0.15, -0.1) is 22.0 Å².